The summed E-state index contributed by atoms with van der Waals surface area (Å²) >= 11 is 6.09. The van der Waals surface area contributed by atoms with E-state index in [1.165, 1.54) is 4.90 Å². The molecule has 0 aliphatic carbocycles. The summed E-state index contributed by atoms with van der Waals surface area (Å²) in [4.78, 5) is 25.5. The molecule has 2 amide bonds. The zero-order valence-electron chi connectivity index (χ0n) is 11.9. The van der Waals surface area contributed by atoms with E-state index < -0.39 is 17.9 Å². The predicted octanol–water partition coefficient (Wildman–Crippen LogP) is 1.51. The van der Waals surface area contributed by atoms with Crippen LogP contribution in [0.25, 0.3) is 0 Å². The molecule has 0 bridgehead atoms. The maximum atomic E-state index is 12.2. The zero-order chi connectivity index (χ0) is 15.4. The van der Waals surface area contributed by atoms with Gasteiger partial charge in [0.05, 0.1) is 6.10 Å². The second-order valence-corrected chi connectivity index (χ2v) is 5.46. The van der Waals surface area contributed by atoms with Gasteiger partial charge >= 0.3 is 11.8 Å². The molecule has 2 rings (SSSR count). The Morgan fingerprint density at radius 3 is 2.95 bits per heavy atom. The molecule has 1 aromatic carbocycles. The molecule has 0 aromatic heterocycles. The molecule has 0 fully saturated rings. The van der Waals surface area contributed by atoms with Crippen LogP contribution in [0.15, 0.2) is 18.2 Å². The van der Waals surface area contributed by atoms with Crippen LogP contribution in [0, 0.1) is 0 Å². The van der Waals surface area contributed by atoms with Crippen molar-refractivity contribution in [2.45, 2.75) is 32.3 Å². The van der Waals surface area contributed by atoms with Gasteiger partial charge in [0.1, 0.15) is 0 Å². The molecule has 0 radical (unpaired) electrons. The van der Waals surface area contributed by atoms with Gasteiger partial charge in [-0.25, -0.2) is 0 Å². The minimum absolute atomic E-state index is 0.288. The Morgan fingerprint density at radius 2 is 2.24 bits per heavy atom. The highest BCUT2D eigenvalue weighted by molar-refractivity contribution is 6.41. The van der Waals surface area contributed by atoms with E-state index in [0.29, 0.717) is 36.5 Å². The quantitative estimate of drug-likeness (QED) is 0.828. The molecule has 0 saturated carbocycles. The number of amides is 2. The minimum Gasteiger partial charge on any atom is -0.393 e. The minimum atomic E-state index is -0.647. The number of hydrogen-bond donors (Lipinski definition) is 2. The van der Waals surface area contributed by atoms with Gasteiger partial charge < -0.3 is 15.3 Å². The molecule has 1 aromatic rings. The highest BCUT2D eigenvalue weighted by Gasteiger charge is 2.29. The zero-order valence-corrected chi connectivity index (χ0v) is 12.7. The molecule has 2 N–H and O–H groups in total. The Labute approximate surface area is 128 Å². The van der Waals surface area contributed by atoms with E-state index >= 15 is 0 Å². The summed E-state index contributed by atoms with van der Waals surface area (Å²) in [7, 11) is 0. The second kappa shape index (κ2) is 6.91. The van der Waals surface area contributed by atoms with Gasteiger partial charge in [-0.1, -0.05) is 24.6 Å². The number of carbonyl (C=O) groups is 2. The van der Waals surface area contributed by atoms with Gasteiger partial charge in [-0.05, 0) is 37.0 Å². The van der Waals surface area contributed by atoms with Crippen molar-refractivity contribution < 1.29 is 14.7 Å². The van der Waals surface area contributed by atoms with Gasteiger partial charge in [0.15, 0.2) is 0 Å². The molecule has 21 heavy (non-hydrogen) atoms. The van der Waals surface area contributed by atoms with E-state index in [1.54, 1.807) is 18.2 Å². The smallest absolute Gasteiger partial charge is 0.316 e. The third-order valence-electron chi connectivity index (χ3n) is 3.64. The van der Waals surface area contributed by atoms with Gasteiger partial charge in [-0.15, -0.1) is 0 Å². The molecule has 1 atom stereocenters. The average Bonchev–Trinajstić information content (AvgIpc) is 2.91. The van der Waals surface area contributed by atoms with E-state index in [1.807, 2.05) is 6.92 Å². The van der Waals surface area contributed by atoms with Crippen LogP contribution in [0.1, 0.15) is 25.3 Å². The summed E-state index contributed by atoms with van der Waals surface area (Å²) in [5, 5.41) is 12.6. The van der Waals surface area contributed by atoms with Gasteiger partial charge in [0.2, 0.25) is 0 Å². The summed E-state index contributed by atoms with van der Waals surface area (Å²) < 4.78 is 0. The van der Waals surface area contributed by atoms with Gasteiger partial charge in [-0.3, -0.25) is 9.59 Å². The third-order valence-corrected chi connectivity index (χ3v) is 4.00. The maximum Gasteiger partial charge on any atom is 0.316 e. The molecule has 1 aliphatic rings. The number of aliphatic hydroxyl groups is 1. The summed E-state index contributed by atoms with van der Waals surface area (Å²) in [6.45, 7) is 2.61. The highest BCUT2D eigenvalue weighted by atomic mass is 35.5. The molecule has 5 nitrogen and oxygen atoms in total. The number of aliphatic hydroxyl groups excluding tert-OH is 1. The van der Waals surface area contributed by atoms with Crippen molar-refractivity contribution in [2.24, 2.45) is 0 Å². The van der Waals surface area contributed by atoms with Crippen LogP contribution in [-0.4, -0.2) is 36.1 Å². The number of carbonyl (C=O) groups excluding carboxylic acids is 2. The van der Waals surface area contributed by atoms with Crippen molar-refractivity contribution in [1.82, 2.24) is 5.32 Å². The van der Waals surface area contributed by atoms with Crippen molar-refractivity contribution in [3.8, 4) is 0 Å². The number of nitrogens with one attached hydrogen (secondary N) is 1. The maximum absolute atomic E-state index is 12.2. The second-order valence-electron chi connectivity index (χ2n) is 5.05. The third kappa shape index (κ3) is 3.54. The van der Waals surface area contributed by atoms with Crippen LogP contribution in [0.3, 0.4) is 0 Å². The number of anilines is 1. The van der Waals surface area contributed by atoms with Crippen LogP contribution in [0.4, 0.5) is 5.69 Å². The van der Waals surface area contributed by atoms with Crippen molar-refractivity contribution in [3.05, 3.63) is 28.8 Å². The van der Waals surface area contributed by atoms with Crippen LogP contribution in [0.2, 0.25) is 5.02 Å². The molecule has 1 aliphatic heterocycles. The van der Waals surface area contributed by atoms with Crippen molar-refractivity contribution in [1.29, 1.82) is 0 Å². The molecule has 114 valence electrons. The normalized spacial score (nSPS) is 14.7. The first kappa shape index (κ1) is 15.8. The first-order valence-corrected chi connectivity index (χ1v) is 7.47. The fourth-order valence-corrected chi connectivity index (χ4v) is 2.62. The fraction of sp³-hybridized carbons (Fsp3) is 0.467. The van der Waals surface area contributed by atoms with E-state index in [-0.39, 0.29) is 6.54 Å². The first-order chi connectivity index (χ1) is 10.0. The topological polar surface area (TPSA) is 69.6 Å². The SMILES string of the molecule is CCC(O)CCNC(=O)C(=O)N1CCc2c(Cl)cccc21. The number of hydrogen-bond acceptors (Lipinski definition) is 3. The number of benzene rings is 1. The number of halogens is 1. The Hall–Kier alpha value is -1.59. The van der Waals surface area contributed by atoms with E-state index in [4.69, 9.17) is 11.6 Å². The Morgan fingerprint density at radius 1 is 1.48 bits per heavy atom. The van der Waals surface area contributed by atoms with Gasteiger partial charge in [0, 0.05) is 23.8 Å². The largest absolute Gasteiger partial charge is 0.393 e. The Bertz CT molecular complexity index is 548. The van der Waals surface area contributed by atoms with Gasteiger partial charge in [-0.2, -0.15) is 0 Å². The number of fused-ring (bicyclic) bond motifs is 1. The first-order valence-electron chi connectivity index (χ1n) is 7.09. The van der Waals surface area contributed by atoms with Crippen LogP contribution >= 0.6 is 11.6 Å². The highest BCUT2D eigenvalue weighted by Crippen LogP contribution is 2.33. The summed E-state index contributed by atoms with van der Waals surface area (Å²) in [6.07, 6.45) is 1.27. The number of nitrogens with zero attached hydrogens (tertiary/aromatic N) is 1. The lowest BCUT2D eigenvalue weighted by molar-refractivity contribution is -0.137. The molecular formula is C15H19ClN2O3. The van der Waals surface area contributed by atoms with Crippen molar-refractivity contribution in [2.75, 3.05) is 18.0 Å². The molecule has 1 heterocycles. The summed E-state index contributed by atoms with van der Waals surface area (Å²) in [5.41, 5.74) is 1.61. The van der Waals surface area contributed by atoms with Crippen LogP contribution in [0.5, 0.6) is 0 Å². The van der Waals surface area contributed by atoms with E-state index in [2.05, 4.69) is 5.32 Å². The van der Waals surface area contributed by atoms with Crippen LogP contribution < -0.4 is 10.2 Å². The molecule has 6 heteroatoms. The van der Waals surface area contributed by atoms with Crippen molar-refractivity contribution >= 4 is 29.1 Å². The Kier molecular flexibility index (Phi) is 5.20. The summed E-state index contributed by atoms with van der Waals surface area (Å²) in [5.74, 6) is -1.23. The van der Waals surface area contributed by atoms with Crippen LogP contribution in [-0.2, 0) is 16.0 Å². The lowest BCUT2D eigenvalue weighted by atomic mass is 10.2. The van der Waals surface area contributed by atoms with Crippen molar-refractivity contribution in [3.63, 3.8) is 0 Å². The van der Waals surface area contributed by atoms with E-state index in [9.17, 15) is 14.7 Å². The molecule has 1 unspecified atom stereocenters. The summed E-state index contributed by atoms with van der Waals surface area (Å²) in [6, 6.07) is 5.34. The standard InChI is InChI=1S/C15H19ClN2O3/c1-2-10(19)6-8-17-14(20)15(21)18-9-7-11-12(16)4-3-5-13(11)18/h3-5,10,19H,2,6-9H2,1H3,(H,17,20). The molecule has 0 spiro atoms. The fourth-order valence-electron chi connectivity index (χ4n) is 2.36. The lowest BCUT2D eigenvalue weighted by Crippen LogP contribution is -2.43. The molecular weight excluding hydrogens is 292 g/mol. The predicted molar refractivity (Wildman–Crippen MR) is 81.4 cm³/mol. The lowest BCUT2D eigenvalue weighted by Gasteiger charge is -2.17. The average molecular weight is 311 g/mol. The number of rotatable bonds is 4. The van der Waals surface area contributed by atoms with E-state index in [0.717, 1.165) is 5.56 Å². The molecule has 0 saturated heterocycles. The Balaban J connectivity index is 1.96. The van der Waals surface area contributed by atoms with Gasteiger partial charge in [0.25, 0.3) is 0 Å². The monoisotopic (exact) mass is 310 g/mol.